The maximum absolute atomic E-state index is 5.51. The van der Waals surface area contributed by atoms with E-state index < -0.39 is 0 Å². The zero-order valence-corrected chi connectivity index (χ0v) is 15.1. The zero-order valence-electron chi connectivity index (χ0n) is 15.1. The summed E-state index contributed by atoms with van der Waals surface area (Å²) in [6.45, 7) is 7.74. The Kier molecular flexibility index (Phi) is 5.56. The van der Waals surface area contributed by atoms with Gasteiger partial charge in [-0.15, -0.1) is 0 Å². The maximum Gasteiger partial charge on any atom is 0.123 e. The first-order chi connectivity index (χ1) is 11.7. The topological polar surface area (TPSA) is 41.1 Å². The summed E-state index contributed by atoms with van der Waals surface area (Å²) in [4.78, 5) is 2.55. The molecule has 1 saturated heterocycles. The van der Waals surface area contributed by atoms with E-state index in [-0.39, 0.29) is 0 Å². The predicted molar refractivity (Wildman–Crippen MR) is 97.4 cm³/mol. The number of ether oxygens (including phenoxy) is 1. The fourth-order valence-electron chi connectivity index (χ4n) is 3.79. The molecule has 2 heterocycles. The highest BCUT2D eigenvalue weighted by Gasteiger charge is 2.25. The molecule has 0 saturated carbocycles. The Labute approximate surface area is 145 Å². The van der Waals surface area contributed by atoms with Crippen molar-refractivity contribution in [3.05, 3.63) is 47.3 Å². The van der Waals surface area contributed by atoms with E-state index in [0.717, 1.165) is 31.8 Å². The molecule has 2 aromatic rings. The molecule has 1 N–H and O–H groups in total. The Morgan fingerprint density at radius 1 is 1.29 bits per heavy atom. The lowest BCUT2D eigenvalue weighted by Gasteiger charge is -2.33. The van der Waals surface area contributed by atoms with E-state index in [1.165, 1.54) is 29.7 Å². The fraction of sp³-hybridized carbons (Fsp3) is 0.550. The average molecular weight is 327 g/mol. The van der Waals surface area contributed by atoms with Gasteiger partial charge in [-0.3, -0.25) is 10.00 Å². The van der Waals surface area contributed by atoms with Crippen LogP contribution < -0.4 is 4.74 Å². The van der Waals surface area contributed by atoms with E-state index in [9.17, 15) is 0 Å². The van der Waals surface area contributed by atoms with Crippen LogP contribution in [-0.4, -0.2) is 35.3 Å². The van der Waals surface area contributed by atoms with Crippen molar-refractivity contribution in [2.24, 2.45) is 5.92 Å². The Balaban J connectivity index is 1.70. The number of aromatic nitrogens is 2. The SMILES string of the molecule is COc1ccccc1CN1CCCC(c2[nH]ncc2CC(C)C)C1. The number of para-hydroxylation sites is 1. The normalized spacial score (nSPS) is 18.9. The summed E-state index contributed by atoms with van der Waals surface area (Å²) < 4.78 is 5.51. The Hall–Kier alpha value is -1.81. The molecule has 4 heteroatoms. The second-order valence-corrected chi connectivity index (χ2v) is 7.29. The lowest BCUT2D eigenvalue weighted by atomic mass is 9.90. The summed E-state index contributed by atoms with van der Waals surface area (Å²) in [6.07, 6.45) is 5.61. The molecule has 1 fully saturated rings. The molecular formula is C20H29N3O. The number of rotatable bonds is 6. The van der Waals surface area contributed by atoms with E-state index >= 15 is 0 Å². The van der Waals surface area contributed by atoms with E-state index in [0.29, 0.717) is 11.8 Å². The van der Waals surface area contributed by atoms with Crippen LogP contribution in [0.1, 0.15) is 49.4 Å². The van der Waals surface area contributed by atoms with Crippen LogP contribution in [0, 0.1) is 5.92 Å². The smallest absolute Gasteiger partial charge is 0.123 e. The third kappa shape index (κ3) is 3.99. The molecule has 1 aliphatic heterocycles. The monoisotopic (exact) mass is 327 g/mol. The minimum absolute atomic E-state index is 0.560. The van der Waals surface area contributed by atoms with Crippen LogP contribution in [0.2, 0.25) is 0 Å². The van der Waals surface area contributed by atoms with Gasteiger partial charge in [-0.1, -0.05) is 32.0 Å². The van der Waals surface area contributed by atoms with Gasteiger partial charge in [0.15, 0.2) is 0 Å². The summed E-state index contributed by atoms with van der Waals surface area (Å²) in [5.74, 6) is 2.21. The quantitative estimate of drug-likeness (QED) is 0.872. The highest BCUT2D eigenvalue weighted by atomic mass is 16.5. The number of likely N-dealkylation sites (tertiary alicyclic amines) is 1. The molecule has 4 nitrogen and oxygen atoms in total. The summed E-state index contributed by atoms with van der Waals surface area (Å²) in [6, 6.07) is 8.34. The van der Waals surface area contributed by atoms with Crippen LogP contribution in [0.4, 0.5) is 0 Å². The molecule has 1 atom stereocenters. The lowest BCUT2D eigenvalue weighted by molar-refractivity contribution is 0.196. The minimum Gasteiger partial charge on any atom is -0.496 e. The number of nitrogens with one attached hydrogen (secondary N) is 1. The highest BCUT2D eigenvalue weighted by Crippen LogP contribution is 2.30. The number of hydrogen-bond acceptors (Lipinski definition) is 3. The van der Waals surface area contributed by atoms with Crippen LogP contribution in [0.25, 0.3) is 0 Å². The molecule has 3 rings (SSSR count). The summed E-state index contributed by atoms with van der Waals surface area (Å²) in [5, 5.41) is 7.61. The van der Waals surface area contributed by atoms with E-state index in [2.05, 4.69) is 41.1 Å². The largest absolute Gasteiger partial charge is 0.496 e. The van der Waals surface area contributed by atoms with Crippen LogP contribution >= 0.6 is 0 Å². The summed E-state index contributed by atoms with van der Waals surface area (Å²) >= 11 is 0. The molecule has 1 aromatic heterocycles. The second kappa shape index (κ2) is 7.84. The van der Waals surface area contributed by atoms with E-state index in [1.807, 2.05) is 18.3 Å². The van der Waals surface area contributed by atoms with E-state index in [1.54, 1.807) is 7.11 Å². The third-order valence-corrected chi connectivity index (χ3v) is 4.88. The molecule has 1 unspecified atom stereocenters. The number of piperidine rings is 1. The van der Waals surface area contributed by atoms with Gasteiger partial charge in [0.25, 0.3) is 0 Å². The first kappa shape index (κ1) is 17.0. The molecule has 130 valence electrons. The second-order valence-electron chi connectivity index (χ2n) is 7.29. The molecular weight excluding hydrogens is 298 g/mol. The van der Waals surface area contributed by atoms with Crippen molar-refractivity contribution in [3.63, 3.8) is 0 Å². The van der Waals surface area contributed by atoms with Crippen LogP contribution in [0.3, 0.4) is 0 Å². The number of benzene rings is 1. The minimum atomic E-state index is 0.560. The van der Waals surface area contributed by atoms with Gasteiger partial charge in [-0.05, 0) is 43.4 Å². The molecule has 1 aromatic carbocycles. The van der Waals surface area contributed by atoms with Crippen molar-refractivity contribution in [1.29, 1.82) is 0 Å². The molecule has 0 amide bonds. The number of nitrogens with zero attached hydrogens (tertiary/aromatic N) is 2. The van der Waals surface area contributed by atoms with Crippen LogP contribution in [-0.2, 0) is 13.0 Å². The van der Waals surface area contributed by atoms with Crippen molar-refractivity contribution in [2.75, 3.05) is 20.2 Å². The molecule has 24 heavy (non-hydrogen) atoms. The molecule has 0 spiro atoms. The van der Waals surface area contributed by atoms with Gasteiger partial charge in [0, 0.05) is 30.3 Å². The highest BCUT2D eigenvalue weighted by molar-refractivity contribution is 5.33. The van der Waals surface area contributed by atoms with Gasteiger partial charge in [0.1, 0.15) is 5.75 Å². The van der Waals surface area contributed by atoms with E-state index in [4.69, 9.17) is 4.74 Å². The van der Waals surface area contributed by atoms with Gasteiger partial charge in [-0.2, -0.15) is 5.10 Å². The number of aromatic amines is 1. The van der Waals surface area contributed by atoms with Crippen molar-refractivity contribution < 1.29 is 4.74 Å². The van der Waals surface area contributed by atoms with Crippen molar-refractivity contribution >= 4 is 0 Å². The number of H-pyrrole nitrogens is 1. The number of hydrogen-bond donors (Lipinski definition) is 1. The molecule has 1 aliphatic rings. The standard InChI is InChI=1S/C20H29N3O/c1-15(2)11-18-12-21-22-20(18)17-8-6-10-23(14-17)13-16-7-4-5-9-19(16)24-3/h4-5,7,9,12,15,17H,6,8,10-11,13-14H2,1-3H3,(H,21,22). The van der Waals surface area contributed by atoms with Crippen LogP contribution in [0.5, 0.6) is 5.75 Å². The van der Waals surface area contributed by atoms with Crippen molar-refractivity contribution in [1.82, 2.24) is 15.1 Å². The zero-order chi connectivity index (χ0) is 16.9. The first-order valence-electron chi connectivity index (χ1n) is 9.03. The van der Waals surface area contributed by atoms with Gasteiger partial charge in [-0.25, -0.2) is 0 Å². The molecule has 0 bridgehead atoms. The first-order valence-corrected chi connectivity index (χ1v) is 9.03. The van der Waals surface area contributed by atoms with Crippen molar-refractivity contribution in [3.8, 4) is 5.75 Å². The molecule has 0 aliphatic carbocycles. The van der Waals surface area contributed by atoms with Gasteiger partial charge >= 0.3 is 0 Å². The molecule has 0 radical (unpaired) electrons. The van der Waals surface area contributed by atoms with Gasteiger partial charge in [0.2, 0.25) is 0 Å². The fourth-order valence-corrected chi connectivity index (χ4v) is 3.79. The van der Waals surface area contributed by atoms with Gasteiger partial charge < -0.3 is 4.74 Å². The van der Waals surface area contributed by atoms with Crippen LogP contribution in [0.15, 0.2) is 30.5 Å². The third-order valence-electron chi connectivity index (χ3n) is 4.88. The average Bonchev–Trinajstić information content (AvgIpc) is 3.03. The summed E-state index contributed by atoms with van der Waals surface area (Å²) in [5.41, 5.74) is 4.02. The lowest BCUT2D eigenvalue weighted by Crippen LogP contribution is -2.34. The Morgan fingerprint density at radius 3 is 2.92 bits per heavy atom. The Bertz CT molecular complexity index is 650. The van der Waals surface area contributed by atoms with Crippen molar-refractivity contribution in [2.45, 2.75) is 45.6 Å². The van der Waals surface area contributed by atoms with Gasteiger partial charge in [0.05, 0.1) is 13.3 Å². The predicted octanol–water partition coefficient (Wildman–Crippen LogP) is 4.00. The Morgan fingerprint density at radius 2 is 2.12 bits per heavy atom. The number of methoxy groups -OCH3 is 1. The maximum atomic E-state index is 5.51. The summed E-state index contributed by atoms with van der Waals surface area (Å²) in [7, 11) is 1.75.